The van der Waals surface area contributed by atoms with Gasteiger partial charge in [0.05, 0.1) is 19.8 Å². The van der Waals surface area contributed by atoms with Gasteiger partial charge in [-0.2, -0.15) is 0 Å². The SMILES string of the molecule is COc1ccc(OC)c(C(=O)CC(C)N)c1. The molecular weight excluding hydrogens is 206 g/mol. The van der Waals surface area contributed by atoms with Crippen molar-refractivity contribution in [2.75, 3.05) is 14.2 Å². The molecule has 1 unspecified atom stereocenters. The number of ketones is 1. The molecule has 2 N–H and O–H groups in total. The summed E-state index contributed by atoms with van der Waals surface area (Å²) in [7, 11) is 3.09. The van der Waals surface area contributed by atoms with Crippen molar-refractivity contribution in [3.8, 4) is 11.5 Å². The molecule has 0 fully saturated rings. The minimum atomic E-state index is -0.164. The maximum atomic E-state index is 11.9. The fraction of sp³-hybridized carbons (Fsp3) is 0.417. The first-order chi connectivity index (χ1) is 7.58. The van der Waals surface area contributed by atoms with Crippen LogP contribution in [0.25, 0.3) is 0 Å². The van der Waals surface area contributed by atoms with Crippen LogP contribution in [0.3, 0.4) is 0 Å². The first kappa shape index (κ1) is 12.5. The number of hydrogen-bond acceptors (Lipinski definition) is 4. The maximum Gasteiger partial charge on any atom is 0.168 e. The number of rotatable bonds is 5. The average molecular weight is 223 g/mol. The second-order valence-corrected chi connectivity index (χ2v) is 3.67. The standard InChI is InChI=1S/C12H17NO3/c1-8(13)6-11(14)10-7-9(15-2)4-5-12(10)16-3/h4-5,7-8H,6,13H2,1-3H3. The van der Waals surface area contributed by atoms with Crippen molar-refractivity contribution in [3.05, 3.63) is 23.8 Å². The van der Waals surface area contributed by atoms with E-state index >= 15 is 0 Å². The molecule has 0 aliphatic rings. The van der Waals surface area contributed by atoms with Crippen molar-refractivity contribution in [2.24, 2.45) is 5.73 Å². The summed E-state index contributed by atoms with van der Waals surface area (Å²) in [5.41, 5.74) is 6.11. The molecule has 1 atom stereocenters. The zero-order valence-corrected chi connectivity index (χ0v) is 9.82. The van der Waals surface area contributed by atoms with Crippen LogP contribution < -0.4 is 15.2 Å². The number of methoxy groups -OCH3 is 2. The van der Waals surface area contributed by atoms with Crippen molar-refractivity contribution in [1.82, 2.24) is 0 Å². The van der Waals surface area contributed by atoms with Crippen molar-refractivity contribution >= 4 is 5.78 Å². The molecule has 0 spiro atoms. The van der Waals surface area contributed by atoms with Gasteiger partial charge in [-0.05, 0) is 25.1 Å². The minimum Gasteiger partial charge on any atom is -0.497 e. The largest absolute Gasteiger partial charge is 0.497 e. The molecule has 0 heterocycles. The van der Waals surface area contributed by atoms with Gasteiger partial charge in [0.2, 0.25) is 0 Å². The summed E-state index contributed by atoms with van der Waals surface area (Å²) in [6, 6.07) is 4.97. The van der Waals surface area contributed by atoms with Crippen LogP contribution in [0.4, 0.5) is 0 Å². The molecular formula is C12H17NO3. The van der Waals surface area contributed by atoms with Crippen LogP contribution in [0, 0.1) is 0 Å². The third-order valence-electron chi connectivity index (χ3n) is 2.21. The normalized spacial score (nSPS) is 12.0. The van der Waals surface area contributed by atoms with Gasteiger partial charge in [0.1, 0.15) is 11.5 Å². The zero-order chi connectivity index (χ0) is 12.1. The van der Waals surface area contributed by atoms with E-state index in [-0.39, 0.29) is 11.8 Å². The van der Waals surface area contributed by atoms with Crippen LogP contribution in [0.5, 0.6) is 11.5 Å². The van der Waals surface area contributed by atoms with E-state index in [2.05, 4.69) is 0 Å². The number of hydrogen-bond donors (Lipinski definition) is 1. The van der Waals surface area contributed by atoms with Crippen LogP contribution in [0.2, 0.25) is 0 Å². The lowest BCUT2D eigenvalue weighted by atomic mass is 10.0. The predicted octanol–water partition coefficient (Wildman–Crippen LogP) is 1.62. The molecule has 1 aromatic carbocycles. The lowest BCUT2D eigenvalue weighted by Crippen LogP contribution is -2.20. The molecule has 88 valence electrons. The Hall–Kier alpha value is -1.55. The van der Waals surface area contributed by atoms with Crippen LogP contribution in [0.15, 0.2) is 18.2 Å². The van der Waals surface area contributed by atoms with Crippen LogP contribution >= 0.6 is 0 Å². The highest BCUT2D eigenvalue weighted by atomic mass is 16.5. The van der Waals surface area contributed by atoms with E-state index in [1.165, 1.54) is 7.11 Å². The Morgan fingerprint density at radius 2 is 2.06 bits per heavy atom. The quantitative estimate of drug-likeness (QED) is 0.770. The monoisotopic (exact) mass is 223 g/mol. The minimum absolute atomic E-state index is 0.0363. The first-order valence-electron chi connectivity index (χ1n) is 5.09. The number of ether oxygens (including phenoxy) is 2. The molecule has 4 nitrogen and oxygen atoms in total. The Kier molecular flexibility index (Phi) is 4.31. The molecule has 0 radical (unpaired) electrons. The molecule has 1 aromatic rings. The van der Waals surface area contributed by atoms with Crippen LogP contribution in [-0.2, 0) is 0 Å². The van der Waals surface area contributed by atoms with Gasteiger partial charge in [0.15, 0.2) is 5.78 Å². The molecule has 0 aliphatic carbocycles. The highest BCUT2D eigenvalue weighted by molar-refractivity contribution is 5.99. The van der Waals surface area contributed by atoms with Gasteiger partial charge >= 0.3 is 0 Å². The molecule has 0 saturated carbocycles. The third kappa shape index (κ3) is 2.97. The topological polar surface area (TPSA) is 61.5 Å². The number of Topliss-reactive ketones (excluding diaryl/α,β-unsaturated/α-hetero) is 1. The number of carbonyl (C=O) groups excluding carboxylic acids is 1. The zero-order valence-electron chi connectivity index (χ0n) is 9.82. The summed E-state index contributed by atoms with van der Waals surface area (Å²) < 4.78 is 10.2. The third-order valence-corrected chi connectivity index (χ3v) is 2.21. The van der Waals surface area contributed by atoms with E-state index in [4.69, 9.17) is 15.2 Å². The van der Waals surface area contributed by atoms with Crippen molar-refractivity contribution in [2.45, 2.75) is 19.4 Å². The number of nitrogens with two attached hydrogens (primary N) is 1. The average Bonchev–Trinajstić information content (AvgIpc) is 2.27. The summed E-state index contributed by atoms with van der Waals surface area (Å²) in [4.78, 5) is 11.9. The van der Waals surface area contributed by atoms with E-state index in [0.717, 1.165) is 0 Å². The molecule has 0 saturated heterocycles. The van der Waals surface area contributed by atoms with E-state index in [0.29, 0.717) is 23.5 Å². The lowest BCUT2D eigenvalue weighted by molar-refractivity contribution is 0.0973. The van der Waals surface area contributed by atoms with Gasteiger partial charge in [0.25, 0.3) is 0 Å². The Bertz CT molecular complexity index is 375. The summed E-state index contributed by atoms with van der Waals surface area (Å²) in [5, 5.41) is 0. The molecule has 0 amide bonds. The fourth-order valence-electron chi connectivity index (χ4n) is 1.43. The van der Waals surface area contributed by atoms with Gasteiger partial charge in [0, 0.05) is 12.5 Å². The lowest BCUT2D eigenvalue weighted by Gasteiger charge is -2.10. The van der Waals surface area contributed by atoms with Gasteiger partial charge in [-0.15, -0.1) is 0 Å². The van der Waals surface area contributed by atoms with E-state index in [9.17, 15) is 4.79 Å². The van der Waals surface area contributed by atoms with Gasteiger partial charge in [-0.1, -0.05) is 0 Å². The van der Waals surface area contributed by atoms with E-state index < -0.39 is 0 Å². The fourth-order valence-corrected chi connectivity index (χ4v) is 1.43. The predicted molar refractivity (Wildman–Crippen MR) is 62.1 cm³/mol. The summed E-state index contributed by atoms with van der Waals surface area (Å²) in [5.74, 6) is 1.14. The molecule has 0 aromatic heterocycles. The molecule has 0 aliphatic heterocycles. The molecule has 16 heavy (non-hydrogen) atoms. The van der Waals surface area contributed by atoms with Crippen LogP contribution in [0.1, 0.15) is 23.7 Å². The highest BCUT2D eigenvalue weighted by Gasteiger charge is 2.14. The summed E-state index contributed by atoms with van der Waals surface area (Å²) in [6.07, 6.45) is 0.295. The second-order valence-electron chi connectivity index (χ2n) is 3.67. The molecule has 0 bridgehead atoms. The Morgan fingerprint density at radius 1 is 1.38 bits per heavy atom. The van der Waals surface area contributed by atoms with Gasteiger partial charge < -0.3 is 15.2 Å². The van der Waals surface area contributed by atoms with Crippen molar-refractivity contribution in [3.63, 3.8) is 0 Å². The smallest absolute Gasteiger partial charge is 0.168 e. The Labute approximate surface area is 95.3 Å². The molecule has 1 rings (SSSR count). The highest BCUT2D eigenvalue weighted by Crippen LogP contribution is 2.25. The number of carbonyl (C=O) groups is 1. The molecule has 4 heteroatoms. The van der Waals surface area contributed by atoms with E-state index in [1.54, 1.807) is 32.2 Å². The first-order valence-corrected chi connectivity index (χ1v) is 5.09. The van der Waals surface area contributed by atoms with Crippen LogP contribution in [-0.4, -0.2) is 26.0 Å². The van der Waals surface area contributed by atoms with Gasteiger partial charge in [-0.3, -0.25) is 4.79 Å². The maximum absolute atomic E-state index is 11.9. The van der Waals surface area contributed by atoms with Crippen molar-refractivity contribution in [1.29, 1.82) is 0 Å². The Morgan fingerprint density at radius 3 is 2.56 bits per heavy atom. The second kappa shape index (κ2) is 5.51. The van der Waals surface area contributed by atoms with Gasteiger partial charge in [-0.25, -0.2) is 0 Å². The summed E-state index contributed by atoms with van der Waals surface area (Å²) >= 11 is 0. The van der Waals surface area contributed by atoms with Crippen molar-refractivity contribution < 1.29 is 14.3 Å². The Balaban J connectivity index is 3.03. The summed E-state index contributed by atoms with van der Waals surface area (Å²) in [6.45, 7) is 1.80. The van der Waals surface area contributed by atoms with E-state index in [1.807, 2.05) is 0 Å². The number of benzene rings is 1.